The molecule has 0 aliphatic carbocycles. The number of nitrogens with zero attached hydrogens (tertiary/aromatic N) is 4. The fourth-order valence-electron chi connectivity index (χ4n) is 7.12. The summed E-state index contributed by atoms with van der Waals surface area (Å²) < 4.78 is 8.73. The second kappa shape index (κ2) is 10.9. The third-order valence-corrected chi connectivity index (χ3v) is 9.53. The van der Waals surface area contributed by atoms with E-state index < -0.39 is 0 Å². The number of para-hydroxylation sites is 2. The number of aromatic nitrogens is 4. The molecule has 0 aliphatic heterocycles. The molecule has 230 valence electrons. The zero-order chi connectivity index (χ0) is 32.5. The highest BCUT2D eigenvalue weighted by molar-refractivity contribution is 6.32. The summed E-state index contributed by atoms with van der Waals surface area (Å²) >= 11 is 6.31. The molecule has 3 aromatic heterocycles. The predicted molar refractivity (Wildman–Crippen MR) is 200 cm³/mol. The van der Waals surface area contributed by atoms with Crippen LogP contribution in [0.1, 0.15) is 0 Å². The molecule has 0 unspecified atom stereocenters. The number of benzene rings is 7. The second-order valence-electron chi connectivity index (χ2n) is 12.2. The Kier molecular flexibility index (Phi) is 6.16. The molecule has 0 saturated heterocycles. The standard InChI is InChI=1S/C43H25ClN4O/c44-29-20-22-31-27(24-29)19-23-37-40(31)33-21-18-28(25-38(33)49-37)42-45-41(26-10-3-1-4-11-26)46-43(47-42)34-15-9-17-36-39(34)32-14-7-8-16-35(32)48(36)30-12-5-2-6-13-30/h1-25H. The van der Waals surface area contributed by atoms with E-state index in [9.17, 15) is 0 Å². The molecule has 0 amide bonds. The summed E-state index contributed by atoms with van der Waals surface area (Å²) in [5.74, 6) is 1.79. The van der Waals surface area contributed by atoms with E-state index >= 15 is 0 Å². The molecule has 10 aromatic rings. The first-order chi connectivity index (χ1) is 24.2. The topological polar surface area (TPSA) is 56.7 Å². The monoisotopic (exact) mass is 648 g/mol. The lowest BCUT2D eigenvalue weighted by Crippen LogP contribution is -2.00. The number of hydrogen-bond donors (Lipinski definition) is 0. The Hall–Kier alpha value is -6.30. The number of hydrogen-bond acceptors (Lipinski definition) is 4. The Bertz CT molecular complexity index is 2890. The van der Waals surface area contributed by atoms with Crippen molar-refractivity contribution in [1.82, 2.24) is 19.5 Å². The smallest absolute Gasteiger partial charge is 0.164 e. The van der Waals surface area contributed by atoms with Gasteiger partial charge in [-0.1, -0.05) is 109 Å². The van der Waals surface area contributed by atoms with Gasteiger partial charge in [0.05, 0.1) is 11.0 Å². The van der Waals surface area contributed by atoms with Crippen LogP contribution in [0.3, 0.4) is 0 Å². The van der Waals surface area contributed by atoms with Gasteiger partial charge in [-0.2, -0.15) is 0 Å². The summed E-state index contributed by atoms with van der Waals surface area (Å²) in [7, 11) is 0. The number of fused-ring (bicyclic) bond motifs is 8. The van der Waals surface area contributed by atoms with E-state index in [1.807, 2.05) is 66.7 Å². The Morgan fingerprint density at radius 3 is 2.04 bits per heavy atom. The lowest BCUT2D eigenvalue weighted by atomic mass is 10.0. The van der Waals surface area contributed by atoms with Crippen LogP contribution in [0.5, 0.6) is 0 Å². The van der Waals surface area contributed by atoms with Crippen molar-refractivity contribution in [1.29, 1.82) is 0 Å². The molecule has 6 heteroatoms. The average Bonchev–Trinajstić information content (AvgIpc) is 3.71. The average molecular weight is 649 g/mol. The molecule has 0 N–H and O–H groups in total. The highest BCUT2D eigenvalue weighted by Gasteiger charge is 2.20. The van der Waals surface area contributed by atoms with Crippen LogP contribution in [0.25, 0.3) is 94.4 Å². The van der Waals surface area contributed by atoms with Crippen LogP contribution in [0.15, 0.2) is 156 Å². The van der Waals surface area contributed by atoms with Crippen molar-refractivity contribution in [3.8, 4) is 39.9 Å². The van der Waals surface area contributed by atoms with Gasteiger partial charge in [-0.25, -0.2) is 15.0 Å². The largest absolute Gasteiger partial charge is 0.456 e. The molecular formula is C43H25ClN4O. The minimum Gasteiger partial charge on any atom is -0.456 e. The molecule has 7 aromatic carbocycles. The van der Waals surface area contributed by atoms with Gasteiger partial charge >= 0.3 is 0 Å². The summed E-state index contributed by atoms with van der Waals surface area (Å²) in [6.45, 7) is 0. The molecule has 5 nitrogen and oxygen atoms in total. The van der Waals surface area contributed by atoms with E-state index in [4.69, 9.17) is 31.0 Å². The van der Waals surface area contributed by atoms with Gasteiger partial charge in [0, 0.05) is 48.9 Å². The molecular weight excluding hydrogens is 624 g/mol. The zero-order valence-electron chi connectivity index (χ0n) is 26.0. The maximum Gasteiger partial charge on any atom is 0.164 e. The van der Waals surface area contributed by atoms with E-state index in [0.717, 1.165) is 76.9 Å². The van der Waals surface area contributed by atoms with Gasteiger partial charge in [0.1, 0.15) is 11.2 Å². The first kappa shape index (κ1) is 27.8. The Morgan fingerprint density at radius 2 is 1.18 bits per heavy atom. The summed E-state index contributed by atoms with van der Waals surface area (Å²) in [5.41, 5.74) is 7.61. The minimum atomic E-state index is 0.576. The lowest BCUT2D eigenvalue weighted by molar-refractivity contribution is 0.669. The van der Waals surface area contributed by atoms with Crippen molar-refractivity contribution < 1.29 is 4.42 Å². The third-order valence-electron chi connectivity index (χ3n) is 9.29. The highest BCUT2D eigenvalue weighted by Crippen LogP contribution is 2.40. The van der Waals surface area contributed by atoms with Gasteiger partial charge in [-0.15, -0.1) is 0 Å². The molecule has 0 radical (unpaired) electrons. The summed E-state index contributed by atoms with van der Waals surface area (Å²) in [4.78, 5) is 15.3. The van der Waals surface area contributed by atoms with E-state index in [1.54, 1.807) is 0 Å². The first-order valence-corrected chi connectivity index (χ1v) is 16.5. The molecule has 0 fully saturated rings. The first-order valence-electron chi connectivity index (χ1n) is 16.1. The fourth-order valence-corrected chi connectivity index (χ4v) is 7.30. The highest BCUT2D eigenvalue weighted by atomic mass is 35.5. The number of rotatable bonds is 4. The number of furan rings is 1. The van der Waals surface area contributed by atoms with Gasteiger partial charge in [0.2, 0.25) is 0 Å². The van der Waals surface area contributed by atoms with Crippen molar-refractivity contribution in [3.63, 3.8) is 0 Å². The molecule has 3 heterocycles. The molecule has 0 atom stereocenters. The van der Waals surface area contributed by atoms with Gasteiger partial charge < -0.3 is 8.98 Å². The van der Waals surface area contributed by atoms with Crippen molar-refractivity contribution in [3.05, 3.63) is 157 Å². The molecule has 0 aliphatic rings. The summed E-state index contributed by atoms with van der Waals surface area (Å²) in [5, 5.41) is 7.22. The molecule has 49 heavy (non-hydrogen) atoms. The van der Waals surface area contributed by atoms with Crippen molar-refractivity contribution in [2.75, 3.05) is 0 Å². The van der Waals surface area contributed by atoms with E-state index in [-0.39, 0.29) is 0 Å². The maximum absolute atomic E-state index is 6.43. The van der Waals surface area contributed by atoms with Crippen LogP contribution in [-0.2, 0) is 0 Å². The van der Waals surface area contributed by atoms with E-state index in [2.05, 4.69) is 89.5 Å². The normalized spacial score (nSPS) is 11.8. The lowest BCUT2D eigenvalue weighted by Gasteiger charge is -2.10. The third kappa shape index (κ3) is 4.44. The van der Waals surface area contributed by atoms with Gasteiger partial charge in [-0.05, 0) is 65.4 Å². The second-order valence-corrected chi connectivity index (χ2v) is 12.6. The summed E-state index contributed by atoms with van der Waals surface area (Å²) in [6.07, 6.45) is 0. The van der Waals surface area contributed by atoms with Gasteiger partial charge in [-0.3, -0.25) is 0 Å². The number of halogens is 1. The molecule has 0 saturated carbocycles. The minimum absolute atomic E-state index is 0.576. The SMILES string of the molecule is Clc1ccc2c(ccc3oc4cc(-c5nc(-c6ccccc6)nc(-c6cccc7c6c6ccccc6n7-c6ccccc6)n5)ccc4c32)c1. The van der Waals surface area contributed by atoms with Crippen LogP contribution in [0, 0.1) is 0 Å². The van der Waals surface area contributed by atoms with Crippen LogP contribution >= 0.6 is 11.6 Å². The van der Waals surface area contributed by atoms with Crippen LogP contribution in [0.2, 0.25) is 5.02 Å². The molecule has 0 bridgehead atoms. The quantitative estimate of drug-likeness (QED) is 0.190. The van der Waals surface area contributed by atoms with Gasteiger partial charge in [0.25, 0.3) is 0 Å². The van der Waals surface area contributed by atoms with Crippen LogP contribution < -0.4 is 0 Å². The van der Waals surface area contributed by atoms with E-state index in [0.29, 0.717) is 22.5 Å². The summed E-state index contributed by atoms with van der Waals surface area (Å²) in [6, 6.07) is 51.6. The molecule has 10 rings (SSSR count). The van der Waals surface area contributed by atoms with Crippen LogP contribution in [0.4, 0.5) is 0 Å². The maximum atomic E-state index is 6.43. The van der Waals surface area contributed by atoms with Crippen molar-refractivity contribution in [2.24, 2.45) is 0 Å². The Labute approximate surface area is 285 Å². The Morgan fingerprint density at radius 1 is 0.469 bits per heavy atom. The fraction of sp³-hybridized carbons (Fsp3) is 0. The Balaban J connectivity index is 1.21. The van der Waals surface area contributed by atoms with Gasteiger partial charge in [0.15, 0.2) is 17.5 Å². The van der Waals surface area contributed by atoms with E-state index in [1.165, 1.54) is 0 Å². The van der Waals surface area contributed by atoms with Crippen LogP contribution in [-0.4, -0.2) is 19.5 Å². The zero-order valence-corrected chi connectivity index (χ0v) is 26.8. The van der Waals surface area contributed by atoms with Crippen molar-refractivity contribution >= 4 is 66.1 Å². The van der Waals surface area contributed by atoms with Crippen molar-refractivity contribution in [2.45, 2.75) is 0 Å². The predicted octanol–water partition coefficient (Wildman–Crippen LogP) is 11.7. The molecule has 0 spiro atoms.